The maximum atomic E-state index is 14.0. The standard InChI is InChI=1S/C16H21FN2O2/c1-10-7-13(10)16(20)19-11-4-5-15(14(17)8-11)18-9-12-3-2-6-21-12/h4-5,8,10,12-13,18H,2-3,6-7,9H2,1H3,(H,19,20)/t10-,12-,13-/m1/s1. The van der Waals surface area contributed by atoms with E-state index in [1.807, 2.05) is 6.92 Å². The Labute approximate surface area is 124 Å². The van der Waals surface area contributed by atoms with Crippen molar-refractivity contribution in [2.45, 2.75) is 32.3 Å². The molecule has 2 aliphatic rings. The SMILES string of the molecule is C[C@@H]1C[C@H]1C(=O)Nc1ccc(NC[C@H]2CCCO2)c(F)c1. The van der Waals surface area contributed by atoms with Gasteiger partial charge in [0.1, 0.15) is 5.82 Å². The van der Waals surface area contributed by atoms with Crippen molar-refractivity contribution in [3.05, 3.63) is 24.0 Å². The van der Waals surface area contributed by atoms with Crippen molar-refractivity contribution in [1.82, 2.24) is 0 Å². The minimum absolute atomic E-state index is 0.0121. The highest BCUT2D eigenvalue weighted by molar-refractivity contribution is 5.94. The third-order valence-corrected chi connectivity index (χ3v) is 4.23. The fourth-order valence-electron chi connectivity index (χ4n) is 2.69. The highest BCUT2D eigenvalue weighted by Gasteiger charge is 2.39. The Morgan fingerprint density at radius 3 is 2.90 bits per heavy atom. The average molecular weight is 292 g/mol. The highest BCUT2D eigenvalue weighted by atomic mass is 19.1. The lowest BCUT2D eigenvalue weighted by Crippen LogP contribution is -2.19. The number of amides is 1. The number of ether oxygens (including phenoxy) is 1. The van der Waals surface area contributed by atoms with Crippen LogP contribution in [0.5, 0.6) is 0 Å². The van der Waals surface area contributed by atoms with Gasteiger partial charge in [0, 0.05) is 24.8 Å². The molecule has 5 heteroatoms. The summed E-state index contributed by atoms with van der Waals surface area (Å²) in [7, 11) is 0. The predicted molar refractivity (Wildman–Crippen MR) is 79.8 cm³/mol. The first-order chi connectivity index (χ1) is 10.1. The van der Waals surface area contributed by atoms with Crippen LogP contribution in [0, 0.1) is 17.7 Å². The summed E-state index contributed by atoms with van der Waals surface area (Å²) >= 11 is 0. The second-order valence-corrected chi connectivity index (χ2v) is 6.02. The molecule has 0 radical (unpaired) electrons. The van der Waals surface area contributed by atoms with Gasteiger partial charge in [0.25, 0.3) is 0 Å². The van der Waals surface area contributed by atoms with Gasteiger partial charge in [0.2, 0.25) is 5.91 Å². The van der Waals surface area contributed by atoms with Crippen molar-refractivity contribution in [2.75, 3.05) is 23.8 Å². The topological polar surface area (TPSA) is 50.4 Å². The van der Waals surface area contributed by atoms with E-state index in [1.165, 1.54) is 6.07 Å². The van der Waals surface area contributed by atoms with E-state index in [-0.39, 0.29) is 23.7 Å². The Kier molecular flexibility index (Phi) is 4.10. The fraction of sp³-hybridized carbons (Fsp3) is 0.562. The van der Waals surface area contributed by atoms with Crippen molar-refractivity contribution < 1.29 is 13.9 Å². The van der Waals surface area contributed by atoms with E-state index in [9.17, 15) is 9.18 Å². The molecule has 3 atom stereocenters. The first-order valence-corrected chi connectivity index (χ1v) is 7.59. The van der Waals surface area contributed by atoms with Crippen LogP contribution in [0.15, 0.2) is 18.2 Å². The average Bonchev–Trinajstić information content (AvgIpc) is 2.98. The van der Waals surface area contributed by atoms with Crippen LogP contribution >= 0.6 is 0 Å². The van der Waals surface area contributed by atoms with Gasteiger partial charge in [-0.2, -0.15) is 0 Å². The molecule has 1 heterocycles. The number of carbonyl (C=O) groups is 1. The van der Waals surface area contributed by atoms with Crippen LogP contribution in [0.2, 0.25) is 0 Å². The van der Waals surface area contributed by atoms with Gasteiger partial charge in [-0.05, 0) is 43.4 Å². The van der Waals surface area contributed by atoms with E-state index < -0.39 is 0 Å². The number of rotatable bonds is 5. The lowest BCUT2D eigenvalue weighted by atomic mass is 10.2. The van der Waals surface area contributed by atoms with E-state index in [0.29, 0.717) is 23.8 Å². The van der Waals surface area contributed by atoms with E-state index in [4.69, 9.17) is 4.74 Å². The first-order valence-electron chi connectivity index (χ1n) is 7.59. The van der Waals surface area contributed by atoms with Gasteiger partial charge in [-0.3, -0.25) is 4.79 Å². The summed E-state index contributed by atoms with van der Waals surface area (Å²) in [5, 5.41) is 5.83. The number of hydrogen-bond acceptors (Lipinski definition) is 3. The smallest absolute Gasteiger partial charge is 0.227 e. The molecule has 1 amide bonds. The molecule has 2 fully saturated rings. The molecule has 1 aliphatic carbocycles. The summed E-state index contributed by atoms with van der Waals surface area (Å²) in [6.07, 6.45) is 3.18. The zero-order valence-electron chi connectivity index (χ0n) is 12.2. The zero-order valence-corrected chi connectivity index (χ0v) is 12.2. The number of halogens is 1. The normalized spacial score (nSPS) is 27.4. The Bertz CT molecular complexity index is 529. The maximum Gasteiger partial charge on any atom is 0.227 e. The Morgan fingerprint density at radius 2 is 2.29 bits per heavy atom. The van der Waals surface area contributed by atoms with E-state index in [0.717, 1.165) is 25.9 Å². The molecule has 0 aromatic heterocycles. The van der Waals surface area contributed by atoms with Crippen LogP contribution in [0.1, 0.15) is 26.2 Å². The molecule has 4 nitrogen and oxygen atoms in total. The minimum Gasteiger partial charge on any atom is -0.380 e. The van der Waals surface area contributed by atoms with Crippen LogP contribution in [0.25, 0.3) is 0 Å². The summed E-state index contributed by atoms with van der Waals surface area (Å²) < 4.78 is 19.5. The second-order valence-electron chi connectivity index (χ2n) is 6.02. The number of nitrogens with one attached hydrogen (secondary N) is 2. The molecule has 2 N–H and O–H groups in total. The van der Waals surface area contributed by atoms with Crippen LogP contribution in [0.3, 0.4) is 0 Å². The van der Waals surface area contributed by atoms with Gasteiger partial charge >= 0.3 is 0 Å². The molecule has 21 heavy (non-hydrogen) atoms. The second kappa shape index (κ2) is 6.02. The highest BCUT2D eigenvalue weighted by Crippen LogP contribution is 2.38. The van der Waals surface area contributed by atoms with Crippen molar-refractivity contribution in [3.63, 3.8) is 0 Å². The summed E-state index contributed by atoms with van der Waals surface area (Å²) in [6, 6.07) is 4.75. The molecule has 1 aliphatic heterocycles. The summed E-state index contributed by atoms with van der Waals surface area (Å²) in [4.78, 5) is 11.8. The Balaban J connectivity index is 1.55. The molecule has 0 bridgehead atoms. The quantitative estimate of drug-likeness (QED) is 0.877. The van der Waals surface area contributed by atoms with Crippen LogP contribution in [-0.2, 0) is 9.53 Å². The lowest BCUT2D eigenvalue weighted by Gasteiger charge is -2.13. The fourth-order valence-corrected chi connectivity index (χ4v) is 2.69. The number of benzene rings is 1. The summed E-state index contributed by atoms with van der Waals surface area (Å²) in [5.41, 5.74) is 0.961. The van der Waals surface area contributed by atoms with Crippen molar-refractivity contribution in [2.24, 2.45) is 11.8 Å². The third kappa shape index (κ3) is 3.53. The maximum absolute atomic E-state index is 14.0. The van der Waals surface area contributed by atoms with E-state index >= 15 is 0 Å². The molecular formula is C16H21FN2O2. The van der Waals surface area contributed by atoms with E-state index in [1.54, 1.807) is 12.1 Å². The monoisotopic (exact) mass is 292 g/mol. The van der Waals surface area contributed by atoms with Gasteiger partial charge in [-0.1, -0.05) is 6.92 Å². The van der Waals surface area contributed by atoms with Gasteiger partial charge in [-0.15, -0.1) is 0 Å². The van der Waals surface area contributed by atoms with E-state index in [2.05, 4.69) is 10.6 Å². The van der Waals surface area contributed by atoms with Gasteiger partial charge < -0.3 is 15.4 Å². The largest absolute Gasteiger partial charge is 0.380 e. The minimum atomic E-state index is -0.352. The lowest BCUT2D eigenvalue weighted by molar-refractivity contribution is -0.117. The predicted octanol–water partition coefficient (Wildman–Crippen LogP) is 3.01. The van der Waals surface area contributed by atoms with Gasteiger partial charge in [0.15, 0.2) is 0 Å². The van der Waals surface area contributed by atoms with Crippen LogP contribution in [0.4, 0.5) is 15.8 Å². The molecule has 0 spiro atoms. The first kappa shape index (κ1) is 14.3. The molecule has 1 aromatic carbocycles. The Hall–Kier alpha value is -1.62. The molecule has 1 aromatic rings. The molecule has 0 unspecified atom stereocenters. The molecule has 114 valence electrons. The summed E-state index contributed by atoms with van der Waals surface area (Å²) in [6.45, 7) is 3.45. The van der Waals surface area contributed by atoms with Crippen LogP contribution < -0.4 is 10.6 Å². The van der Waals surface area contributed by atoms with Crippen molar-refractivity contribution >= 4 is 17.3 Å². The molecule has 1 saturated heterocycles. The van der Waals surface area contributed by atoms with Crippen LogP contribution in [-0.4, -0.2) is 25.2 Å². The van der Waals surface area contributed by atoms with Gasteiger partial charge in [-0.25, -0.2) is 4.39 Å². The Morgan fingerprint density at radius 1 is 1.48 bits per heavy atom. The third-order valence-electron chi connectivity index (χ3n) is 4.23. The van der Waals surface area contributed by atoms with Crippen molar-refractivity contribution in [3.8, 4) is 0 Å². The molecule has 3 rings (SSSR count). The number of anilines is 2. The van der Waals surface area contributed by atoms with Gasteiger partial charge in [0.05, 0.1) is 11.8 Å². The van der Waals surface area contributed by atoms with Crippen molar-refractivity contribution in [1.29, 1.82) is 0 Å². The molecule has 1 saturated carbocycles. The number of carbonyl (C=O) groups excluding carboxylic acids is 1. The molecular weight excluding hydrogens is 271 g/mol. The zero-order chi connectivity index (χ0) is 14.8. The number of hydrogen-bond donors (Lipinski definition) is 2. The summed E-state index contributed by atoms with van der Waals surface area (Å²) in [5.74, 6) is 0.171.